The SMILES string of the molecule is CONC1=C[C@@H](Cc2ccccc2)N(Cc2ccccc2)C(=O)C1. The minimum Gasteiger partial charge on any atom is -0.331 e. The fourth-order valence-corrected chi connectivity index (χ4v) is 3.04. The van der Waals surface area contributed by atoms with Gasteiger partial charge in [0.1, 0.15) is 0 Å². The van der Waals surface area contributed by atoms with Gasteiger partial charge in [-0.2, -0.15) is 0 Å². The summed E-state index contributed by atoms with van der Waals surface area (Å²) in [5.41, 5.74) is 6.01. The largest absolute Gasteiger partial charge is 0.331 e. The second kappa shape index (κ2) is 7.79. The molecule has 0 radical (unpaired) electrons. The maximum atomic E-state index is 12.7. The van der Waals surface area contributed by atoms with E-state index >= 15 is 0 Å². The van der Waals surface area contributed by atoms with Crippen LogP contribution in [0.25, 0.3) is 0 Å². The van der Waals surface area contributed by atoms with Crippen LogP contribution < -0.4 is 5.48 Å². The number of hydrogen-bond acceptors (Lipinski definition) is 3. The second-order valence-corrected chi connectivity index (χ2v) is 5.94. The topological polar surface area (TPSA) is 41.6 Å². The van der Waals surface area contributed by atoms with Crippen molar-refractivity contribution in [3.63, 3.8) is 0 Å². The van der Waals surface area contributed by atoms with Crippen molar-refractivity contribution in [3.8, 4) is 0 Å². The van der Waals surface area contributed by atoms with Gasteiger partial charge in [0.15, 0.2) is 0 Å². The average Bonchev–Trinajstić information content (AvgIpc) is 2.60. The lowest BCUT2D eigenvalue weighted by Crippen LogP contribution is -2.44. The van der Waals surface area contributed by atoms with Crippen molar-refractivity contribution in [2.24, 2.45) is 0 Å². The van der Waals surface area contributed by atoms with Gasteiger partial charge in [0, 0.05) is 12.2 Å². The van der Waals surface area contributed by atoms with Gasteiger partial charge in [-0.1, -0.05) is 60.7 Å². The third-order valence-electron chi connectivity index (χ3n) is 4.17. The predicted molar refractivity (Wildman–Crippen MR) is 93.8 cm³/mol. The third kappa shape index (κ3) is 4.03. The Morgan fingerprint density at radius 3 is 2.29 bits per heavy atom. The van der Waals surface area contributed by atoms with Crippen LogP contribution in [0.1, 0.15) is 17.5 Å². The van der Waals surface area contributed by atoms with Gasteiger partial charge >= 0.3 is 0 Å². The molecule has 0 aromatic heterocycles. The quantitative estimate of drug-likeness (QED) is 0.831. The first kappa shape index (κ1) is 16.3. The van der Waals surface area contributed by atoms with E-state index in [-0.39, 0.29) is 11.9 Å². The number of carbonyl (C=O) groups is 1. The smallest absolute Gasteiger partial charge is 0.229 e. The molecule has 0 unspecified atom stereocenters. The highest BCUT2D eigenvalue weighted by Gasteiger charge is 2.28. The number of rotatable bonds is 6. The van der Waals surface area contributed by atoms with Crippen molar-refractivity contribution in [1.82, 2.24) is 10.4 Å². The number of benzene rings is 2. The molecular weight excluding hydrogens is 300 g/mol. The molecule has 24 heavy (non-hydrogen) atoms. The van der Waals surface area contributed by atoms with Crippen LogP contribution in [-0.4, -0.2) is 24.0 Å². The lowest BCUT2D eigenvalue weighted by atomic mass is 9.98. The number of hydrogen-bond donors (Lipinski definition) is 1. The van der Waals surface area contributed by atoms with Crippen LogP contribution in [-0.2, 0) is 22.6 Å². The molecule has 3 rings (SSSR count). The van der Waals surface area contributed by atoms with Crippen LogP contribution in [0.2, 0.25) is 0 Å². The summed E-state index contributed by atoms with van der Waals surface area (Å²) in [6.07, 6.45) is 3.22. The second-order valence-electron chi connectivity index (χ2n) is 5.94. The maximum Gasteiger partial charge on any atom is 0.229 e. The fourth-order valence-electron chi connectivity index (χ4n) is 3.04. The zero-order valence-corrected chi connectivity index (χ0v) is 13.8. The molecule has 0 spiro atoms. The minimum atomic E-state index is 0.00602. The molecule has 0 bridgehead atoms. The Morgan fingerprint density at radius 1 is 1.04 bits per heavy atom. The molecule has 1 aliphatic rings. The molecule has 0 saturated carbocycles. The highest BCUT2D eigenvalue weighted by molar-refractivity contribution is 5.80. The molecule has 124 valence electrons. The third-order valence-corrected chi connectivity index (χ3v) is 4.17. The summed E-state index contributed by atoms with van der Waals surface area (Å²) in [7, 11) is 1.56. The molecule has 1 N–H and O–H groups in total. The van der Waals surface area contributed by atoms with Crippen molar-refractivity contribution in [3.05, 3.63) is 83.6 Å². The zero-order chi connectivity index (χ0) is 16.8. The number of hydroxylamine groups is 1. The van der Waals surface area contributed by atoms with E-state index in [1.807, 2.05) is 41.3 Å². The molecule has 1 amide bonds. The summed E-state index contributed by atoms with van der Waals surface area (Å²) in [6.45, 7) is 0.619. The van der Waals surface area contributed by atoms with Gasteiger partial charge in [0.25, 0.3) is 0 Å². The average molecular weight is 322 g/mol. The minimum absolute atomic E-state index is 0.00602. The molecule has 2 aromatic rings. The lowest BCUT2D eigenvalue weighted by Gasteiger charge is -2.34. The highest BCUT2D eigenvalue weighted by Crippen LogP contribution is 2.22. The van der Waals surface area contributed by atoms with Crippen LogP contribution in [0.3, 0.4) is 0 Å². The van der Waals surface area contributed by atoms with Crippen LogP contribution in [0, 0.1) is 0 Å². The molecule has 4 nitrogen and oxygen atoms in total. The van der Waals surface area contributed by atoms with E-state index in [4.69, 9.17) is 4.84 Å². The van der Waals surface area contributed by atoms with Crippen molar-refractivity contribution >= 4 is 5.91 Å². The van der Waals surface area contributed by atoms with Crippen LogP contribution in [0.15, 0.2) is 72.4 Å². The molecule has 0 saturated heterocycles. The Hall–Kier alpha value is -2.59. The van der Waals surface area contributed by atoms with Gasteiger partial charge in [0.2, 0.25) is 5.91 Å². The van der Waals surface area contributed by atoms with E-state index in [9.17, 15) is 4.79 Å². The number of amides is 1. The van der Waals surface area contributed by atoms with Crippen LogP contribution in [0.4, 0.5) is 0 Å². The Morgan fingerprint density at radius 2 is 1.67 bits per heavy atom. The van der Waals surface area contributed by atoms with Crippen LogP contribution in [0.5, 0.6) is 0 Å². The fraction of sp³-hybridized carbons (Fsp3) is 0.250. The first-order valence-corrected chi connectivity index (χ1v) is 8.13. The van der Waals surface area contributed by atoms with Gasteiger partial charge in [0.05, 0.1) is 19.6 Å². The Balaban J connectivity index is 1.84. The summed E-state index contributed by atoms with van der Waals surface area (Å²) < 4.78 is 0. The zero-order valence-electron chi connectivity index (χ0n) is 13.8. The molecule has 4 heteroatoms. The number of nitrogens with zero attached hydrogens (tertiary/aromatic N) is 1. The molecule has 1 aliphatic heterocycles. The van der Waals surface area contributed by atoms with E-state index in [1.54, 1.807) is 7.11 Å². The van der Waals surface area contributed by atoms with E-state index in [0.29, 0.717) is 13.0 Å². The summed E-state index contributed by atoms with van der Waals surface area (Å²) in [4.78, 5) is 19.6. The first-order chi connectivity index (χ1) is 11.8. The Labute approximate surface area is 142 Å². The Kier molecular flexibility index (Phi) is 5.29. The van der Waals surface area contributed by atoms with Gasteiger partial charge in [-0.3, -0.25) is 15.1 Å². The van der Waals surface area contributed by atoms with E-state index in [0.717, 1.165) is 17.7 Å². The molecular formula is C20H22N2O2. The molecule has 0 fully saturated rings. The van der Waals surface area contributed by atoms with E-state index in [1.165, 1.54) is 5.56 Å². The predicted octanol–water partition coefficient (Wildman–Crippen LogP) is 3.07. The highest BCUT2D eigenvalue weighted by atomic mass is 16.6. The van der Waals surface area contributed by atoms with Crippen molar-refractivity contribution in [1.29, 1.82) is 0 Å². The lowest BCUT2D eigenvalue weighted by molar-refractivity contribution is -0.133. The van der Waals surface area contributed by atoms with Gasteiger partial charge < -0.3 is 4.90 Å². The maximum absolute atomic E-state index is 12.7. The monoisotopic (exact) mass is 322 g/mol. The van der Waals surface area contributed by atoms with E-state index < -0.39 is 0 Å². The van der Waals surface area contributed by atoms with Gasteiger partial charge in [-0.25, -0.2) is 0 Å². The molecule has 1 heterocycles. The standard InChI is InChI=1S/C20H22N2O2/c1-24-21-18-13-19(12-16-8-4-2-5-9-16)22(20(23)14-18)15-17-10-6-3-7-11-17/h2-11,13,19,21H,12,14-15H2,1H3/t19-/m1/s1. The number of carbonyl (C=O) groups excluding carboxylic acids is 1. The van der Waals surface area contributed by atoms with Gasteiger partial charge in [-0.05, 0) is 23.6 Å². The van der Waals surface area contributed by atoms with Crippen molar-refractivity contribution < 1.29 is 9.63 Å². The van der Waals surface area contributed by atoms with E-state index in [2.05, 4.69) is 35.8 Å². The van der Waals surface area contributed by atoms with Crippen molar-refractivity contribution in [2.75, 3.05) is 7.11 Å². The van der Waals surface area contributed by atoms with Gasteiger partial charge in [-0.15, -0.1) is 0 Å². The Bertz CT molecular complexity index is 698. The molecule has 0 aliphatic carbocycles. The van der Waals surface area contributed by atoms with Crippen molar-refractivity contribution in [2.45, 2.75) is 25.4 Å². The normalized spacial score (nSPS) is 17.5. The summed E-state index contributed by atoms with van der Waals surface area (Å²) in [6, 6.07) is 20.4. The number of nitrogens with one attached hydrogen (secondary N) is 1. The first-order valence-electron chi connectivity index (χ1n) is 8.13. The summed E-state index contributed by atoms with van der Waals surface area (Å²) >= 11 is 0. The molecule has 2 aromatic carbocycles. The van der Waals surface area contributed by atoms with Crippen LogP contribution >= 0.6 is 0 Å². The summed E-state index contributed by atoms with van der Waals surface area (Å²) in [5.74, 6) is 0.113. The summed E-state index contributed by atoms with van der Waals surface area (Å²) in [5, 5.41) is 0. The molecule has 1 atom stereocenters.